The number of halogens is 9. The molecule has 1 aromatic rings. The summed E-state index contributed by atoms with van der Waals surface area (Å²) in [6, 6.07) is 4.59. The third kappa shape index (κ3) is 4.03. The monoisotopic (exact) mass is 416 g/mol. The molecule has 0 N–H and O–H groups in total. The molecule has 0 amide bonds. The van der Waals surface area contributed by atoms with Crippen LogP contribution in [-0.2, 0) is 10.1 Å². The van der Waals surface area contributed by atoms with Gasteiger partial charge in [0.1, 0.15) is 5.75 Å². The molecule has 0 aliphatic heterocycles. The van der Waals surface area contributed by atoms with Gasteiger partial charge >= 0.3 is 84.8 Å². The molecule has 24 heavy (non-hydrogen) atoms. The molecule has 0 atom stereocenters. The fourth-order valence-corrected chi connectivity index (χ4v) is 2.08. The van der Waals surface area contributed by atoms with E-state index in [1.165, 1.54) is 6.07 Å². The van der Waals surface area contributed by atoms with Gasteiger partial charge in [-0.05, 0) is 12.1 Å². The average Bonchev–Trinajstić information content (AvgIpc) is 2.37. The number of alkyl halides is 9. The van der Waals surface area contributed by atoms with E-state index in [2.05, 4.69) is 4.18 Å². The average molecular weight is 416 g/mol. The van der Waals surface area contributed by atoms with Crippen molar-refractivity contribution in [3.05, 3.63) is 30.3 Å². The van der Waals surface area contributed by atoms with Crippen molar-refractivity contribution in [3.8, 4) is 5.75 Å². The molecular formula is C10H6F9KO3S. The second-order valence-electron chi connectivity index (χ2n) is 4.01. The molecule has 0 aliphatic carbocycles. The van der Waals surface area contributed by atoms with E-state index in [0.717, 1.165) is 12.1 Å². The summed E-state index contributed by atoms with van der Waals surface area (Å²) in [5, 5.41) is -6.87. The summed E-state index contributed by atoms with van der Waals surface area (Å²) in [4.78, 5) is 0. The molecule has 0 radical (unpaired) electrons. The predicted molar refractivity (Wildman–Crippen MR) is 58.0 cm³/mol. The van der Waals surface area contributed by atoms with Crippen LogP contribution in [0.25, 0.3) is 0 Å². The molecule has 0 saturated carbocycles. The summed E-state index contributed by atoms with van der Waals surface area (Å²) in [5.41, 5.74) is 0. The van der Waals surface area contributed by atoms with Gasteiger partial charge in [0.05, 0.1) is 0 Å². The van der Waals surface area contributed by atoms with Crippen LogP contribution in [-0.4, -0.2) is 31.7 Å². The fraction of sp³-hybridized carbons (Fsp3) is 0.400. The summed E-state index contributed by atoms with van der Waals surface area (Å²) >= 11 is 0. The van der Waals surface area contributed by atoms with E-state index < -0.39 is 39.1 Å². The molecule has 134 valence electrons. The summed E-state index contributed by atoms with van der Waals surface area (Å²) in [6.45, 7) is 0. The normalized spacial score (nSPS) is 14.0. The summed E-state index contributed by atoms with van der Waals surface area (Å²) in [5.74, 6) is -15.6. The number of para-hydroxylation sites is 1. The summed E-state index contributed by atoms with van der Waals surface area (Å²) in [6.07, 6.45) is -7.12. The van der Waals surface area contributed by atoms with E-state index >= 15 is 0 Å². The third-order valence-corrected chi connectivity index (χ3v) is 3.68. The van der Waals surface area contributed by atoms with Crippen LogP contribution in [0.1, 0.15) is 1.43 Å². The first-order chi connectivity index (χ1) is 10.1. The van der Waals surface area contributed by atoms with Gasteiger partial charge in [-0.25, -0.2) is 0 Å². The van der Waals surface area contributed by atoms with Crippen LogP contribution in [0.15, 0.2) is 30.3 Å². The van der Waals surface area contributed by atoms with Crippen molar-refractivity contribution < 1.29 is 105 Å². The summed E-state index contributed by atoms with van der Waals surface area (Å²) < 4.78 is 139. The minimum absolute atomic E-state index is 0. The Hall–Kier alpha value is -0.0236. The SMILES string of the molecule is O=S(=O)(Oc1ccccc1)C(F)(F)C(F)(F)C(F)(F)C(F)(F)F.[H-].[K+]. The number of benzene rings is 1. The molecule has 3 nitrogen and oxygen atoms in total. The smallest absolute Gasteiger partial charge is 1.00 e. The molecule has 1 rings (SSSR count). The molecule has 1 aromatic carbocycles. The van der Waals surface area contributed by atoms with Gasteiger partial charge in [0.2, 0.25) is 0 Å². The molecule has 0 bridgehead atoms. The van der Waals surface area contributed by atoms with Crippen LogP contribution in [0.4, 0.5) is 39.5 Å². The van der Waals surface area contributed by atoms with Crippen LogP contribution >= 0.6 is 0 Å². The van der Waals surface area contributed by atoms with Gasteiger partial charge in [-0.2, -0.15) is 47.9 Å². The van der Waals surface area contributed by atoms with Crippen molar-refractivity contribution in [2.45, 2.75) is 23.3 Å². The summed E-state index contributed by atoms with van der Waals surface area (Å²) in [7, 11) is -6.88. The van der Waals surface area contributed by atoms with Gasteiger partial charge in [-0.3, -0.25) is 0 Å². The Morgan fingerprint density at radius 1 is 0.792 bits per heavy atom. The molecule has 14 heteroatoms. The molecule has 0 saturated heterocycles. The fourth-order valence-electron chi connectivity index (χ4n) is 1.17. The van der Waals surface area contributed by atoms with Gasteiger partial charge < -0.3 is 5.61 Å². The zero-order valence-corrected chi connectivity index (χ0v) is 15.4. The molecule has 0 aliphatic rings. The van der Waals surface area contributed by atoms with Crippen LogP contribution in [0, 0.1) is 0 Å². The Morgan fingerprint density at radius 3 is 1.58 bits per heavy atom. The minimum Gasteiger partial charge on any atom is -1.00 e. The van der Waals surface area contributed by atoms with E-state index in [-0.39, 0.29) is 52.8 Å². The quantitative estimate of drug-likeness (QED) is 0.408. The standard InChI is InChI=1S/C10H5F9O3S.K.H/c11-7(12,9(15,16)17)8(13,14)10(18,19)23(20,21)22-6-4-2-1-3-5-6;;/h1-5H;;/q;+1;-1. The van der Waals surface area contributed by atoms with Gasteiger partial charge in [-0.1, -0.05) is 18.2 Å². The molecular weight excluding hydrogens is 410 g/mol. The number of rotatable bonds is 5. The first-order valence-corrected chi connectivity index (χ1v) is 6.68. The van der Waals surface area contributed by atoms with Crippen molar-refractivity contribution in [1.29, 1.82) is 0 Å². The minimum atomic E-state index is -7.32. The topological polar surface area (TPSA) is 43.4 Å². The van der Waals surface area contributed by atoms with Gasteiger partial charge in [0.15, 0.2) is 0 Å². The molecule has 0 unspecified atom stereocenters. The first-order valence-electron chi connectivity index (χ1n) is 5.27. The van der Waals surface area contributed by atoms with Crippen LogP contribution < -0.4 is 55.6 Å². The van der Waals surface area contributed by atoms with Crippen molar-refractivity contribution in [2.24, 2.45) is 0 Å². The largest absolute Gasteiger partial charge is 1.00 e. The zero-order chi connectivity index (χ0) is 18.3. The first kappa shape index (κ1) is 24.0. The predicted octanol–water partition coefficient (Wildman–Crippen LogP) is 0.937. The number of hydrogen-bond acceptors (Lipinski definition) is 3. The van der Waals surface area contributed by atoms with E-state index in [9.17, 15) is 47.9 Å². The van der Waals surface area contributed by atoms with Crippen LogP contribution in [0.5, 0.6) is 5.75 Å². The van der Waals surface area contributed by atoms with E-state index in [0.29, 0.717) is 12.1 Å². The van der Waals surface area contributed by atoms with Crippen molar-refractivity contribution in [1.82, 2.24) is 0 Å². The maximum absolute atomic E-state index is 13.2. The Balaban J connectivity index is 0. The van der Waals surface area contributed by atoms with Gasteiger partial charge in [0.25, 0.3) is 0 Å². The van der Waals surface area contributed by atoms with E-state index in [4.69, 9.17) is 0 Å². The zero-order valence-electron chi connectivity index (χ0n) is 12.4. The van der Waals surface area contributed by atoms with Gasteiger partial charge in [-0.15, -0.1) is 0 Å². The second kappa shape index (κ2) is 7.30. The maximum atomic E-state index is 13.2. The van der Waals surface area contributed by atoms with E-state index in [1.54, 1.807) is 0 Å². The molecule has 0 spiro atoms. The third-order valence-electron chi connectivity index (χ3n) is 2.38. The number of hydrogen-bond donors (Lipinski definition) is 0. The molecule has 0 heterocycles. The Bertz CT molecular complexity index is 664. The Morgan fingerprint density at radius 2 is 1.21 bits per heavy atom. The van der Waals surface area contributed by atoms with Crippen molar-refractivity contribution in [2.75, 3.05) is 0 Å². The molecule has 0 fully saturated rings. The Labute approximate surface area is 173 Å². The maximum Gasteiger partial charge on any atom is 1.00 e. The van der Waals surface area contributed by atoms with Crippen LogP contribution in [0.2, 0.25) is 0 Å². The van der Waals surface area contributed by atoms with E-state index in [1.807, 2.05) is 0 Å². The van der Waals surface area contributed by atoms with Gasteiger partial charge in [0, 0.05) is 0 Å². The molecule has 0 aromatic heterocycles. The Kier molecular flexibility index (Phi) is 7.30. The second-order valence-corrected chi connectivity index (χ2v) is 5.60. The van der Waals surface area contributed by atoms with Crippen molar-refractivity contribution in [3.63, 3.8) is 0 Å². The van der Waals surface area contributed by atoms with Crippen molar-refractivity contribution >= 4 is 10.1 Å². The van der Waals surface area contributed by atoms with Crippen LogP contribution in [0.3, 0.4) is 0 Å².